The molecule has 4 nitrogen and oxygen atoms in total. The Kier molecular flexibility index (Phi) is 3.85. The van der Waals surface area contributed by atoms with Crippen LogP contribution >= 0.6 is 0 Å². The molecule has 0 unspecified atom stereocenters. The molecule has 2 rings (SSSR count). The summed E-state index contributed by atoms with van der Waals surface area (Å²) < 4.78 is 16.1. The number of likely N-dealkylation sites (N-methyl/N-ethyl adjacent to an activating group) is 1. The van der Waals surface area contributed by atoms with Crippen LogP contribution in [0.3, 0.4) is 0 Å². The van der Waals surface area contributed by atoms with Crippen LogP contribution in [0.1, 0.15) is 11.3 Å². The van der Waals surface area contributed by atoms with Crippen molar-refractivity contribution in [2.24, 2.45) is 0 Å². The van der Waals surface area contributed by atoms with Gasteiger partial charge >= 0.3 is 0 Å². The molecule has 0 aliphatic heterocycles. The van der Waals surface area contributed by atoms with Gasteiger partial charge < -0.3 is 19.8 Å². The molecular weight excluding hydrogens is 247 g/mol. The zero-order valence-corrected chi connectivity index (χ0v) is 11.0. The number of hydrogen-bond donors (Lipinski definition) is 2. The maximum absolute atomic E-state index is 14.1. The van der Waals surface area contributed by atoms with Crippen molar-refractivity contribution in [1.82, 2.24) is 9.88 Å². The number of carbonyl (C=O) groups is 1. The number of nitrogens with one attached hydrogen (secondary N) is 1. The quantitative estimate of drug-likeness (QED) is 0.809. The van der Waals surface area contributed by atoms with E-state index in [-0.39, 0.29) is 12.2 Å². The number of aromatic nitrogens is 1. The van der Waals surface area contributed by atoms with Gasteiger partial charge in [0.2, 0.25) is 0 Å². The molecule has 0 amide bonds. The van der Waals surface area contributed by atoms with E-state index in [1.54, 1.807) is 6.07 Å². The first-order chi connectivity index (χ1) is 9.11. The van der Waals surface area contributed by atoms with Crippen LogP contribution in [-0.2, 0) is 17.8 Å². The lowest BCUT2D eigenvalue weighted by molar-refractivity contribution is -0.107. The van der Waals surface area contributed by atoms with Gasteiger partial charge in [0.15, 0.2) is 11.6 Å². The highest BCUT2D eigenvalue weighted by Gasteiger charge is 2.18. The standard InChI is InChI=1S/C14H17FN2O2/c1-9-10(5-8-18)13-11(17(9)7-6-16-2)3-4-12(19)14(13)15/h3-4,8,16,19H,5-7H2,1-2H3. The van der Waals surface area contributed by atoms with Crippen LogP contribution in [0.5, 0.6) is 5.75 Å². The lowest BCUT2D eigenvalue weighted by Gasteiger charge is -2.08. The third-order valence-corrected chi connectivity index (χ3v) is 3.41. The molecule has 2 N–H and O–H groups in total. The van der Waals surface area contributed by atoms with E-state index in [1.807, 2.05) is 18.5 Å². The third kappa shape index (κ3) is 2.21. The van der Waals surface area contributed by atoms with Crippen molar-refractivity contribution in [3.05, 3.63) is 29.2 Å². The SMILES string of the molecule is CNCCn1c(C)c(CC=O)c2c(F)c(O)ccc21. The molecule has 1 aromatic carbocycles. The summed E-state index contributed by atoms with van der Waals surface area (Å²) in [6.45, 7) is 3.29. The van der Waals surface area contributed by atoms with Crippen molar-refractivity contribution in [3.8, 4) is 5.75 Å². The minimum absolute atomic E-state index is 0.148. The molecule has 1 aromatic heterocycles. The molecule has 102 valence electrons. The van der Waals surface area contributed by atoms with Gasteiger partial charge in [-0.2, -0.15) is 0 Å². The number of phenols is 1. The molecule has 0 fully saturated rings. The van der Waals surface area contributed by atoms with E-state index in [0.717, 1.165) is 18.5 Å². The minimum atomic E-state index is -0.652. The number of aldehydes is 1. The molecule has 19 heavy (non-hydrogen) atoms. The topological polar surface area (TPSA) is 54.3 Å². The van der Waals surface area contributed by atoms with Gasteiger partial charge in [-0.25, -0.2) is 4.39 Å². The van der Waals surface area contributed by atoms with Crippen LogP contribution in [0, 0.1) is 12.7 Å². The predicted octanol–water partition coefficient (Wildman–Crippen LogP) is 1.76. The monoisotopic (exact) mass is 264 g/mol. The molecule has 0 atom stereocenters. The summed E-state index contributed by atoms with van der Waals surface area (Å²) in [5.74, 6) is -1.04. The Morgan fingerprint density at radius 2 is 2.21 bits per heavy atom. The summed E-state index contributed by atoms with van der Waals surface area (Å²) in [6, 6.07) is 3.03. The molecule has 5 heteroatoms. The van der Waals surface area contributed by atoms with Crippen LogP contribution in [0.25, 0.3) is 10.9 Å². The molecule has 2 aromatic rings. The first-order valence-corrected chi connectivity index (χ1v) is 6.19. The van der Waals surface area contributed by atoms with Gasteiger partial charge in [0.1, 0.15) is 6.29 Å². The van der Waals surface area contributed by atoms with Crippen LogP contribution in [0.2, 0.25) is 0 Å². The fraction of sp³-hybridized carbons (Fsp3) is 0.357. The molecule has 0 radical (unpaired) electrons. The van der Waals surface area contributed by atoms with Crippen LogP contribution in [0.15, 0.2) is 12.1 Å². The van der Waals surface area contributed by atoms with Crippen LogP contribution in [0.4, 0.5) is 4.39 Å². The number of fused-ring (bicyclic) bond motifs is 1. The van der Waals surface area contributed by atoms with Gasteiger partial charge in [-0.15, -0.1) is 0 Å². The number of carbonyl (C=O) groups excluding carboxylic acids is 1. The van der Waals surface area contributed by atoms with E-state index in [1.165, 1.54) is 6.07 Å². The van der Waals surface area contributed by atoms with E-state index < -0.39 is 5.82 Å². The second kappa shape index (κ2) is 5.40. The fourth-order valence-electron chi connectivity index (χ4n) is 2.44. The third-order valence-electron chi connectivity index (χ3n) is 3.41. The highest BCUT2D eigenvalue weighted by atomic mass is 19.1. The number of nitrogens with zero attached hydrogens (tertiary/aromatic N) is 1. The van der Waals surface area contributed by atoms with Crippen LogP contribution in [-0.4, -0.2) is 29.6 Å². The van der Waals surface area contributed by atoms with Crippen molar-refractivity contribution >= 4 is 17.2 Å². The van der Waals surface area contributed by atoms with Crippen molar-refractivity contribution in [2.45, 2.75) is 19.9 Å². The lowest BCUT2D eigenvalue weighted by atomic mass is 10.1. The summed E-state index contributed by atoms with van der Waals surface area (Å²) in [5.41, 5.74) is 2.22. The Morgan fingerprint density at radius 3 is 2.84 bits per heavy atom. The molecular formula is C14H17FN2O2. The average molecular weight is 264 g/mol. The van der Waals surface area contributed by atoms with E-state index in [4.69, 9.17) is 0 Å². The molecule has 0 bridgehead atoms. The zero-order chi connectivity index (χ0) is 14.0. The zero-order valence-electron chi connectivity index (χ0n) is 11.0. The Bertz CT molecular complexity index is 620. The molecule has 0 saturated carbocycles. The summed E-state index contributed by atoms with van der Waals surface area (Å²) in [6.07, 6.45) is 0.906. The Labute approximate surface area is 110 Å². The molecule has 0 aliphatic carbocycles. The number of phenolic OH excluding ortho intramolecular Hbond substituents is 1. The normalized spacial score (nSPS) is 11.1. The van der Waals surface area contributed by atoms with E-state index in [0.29, 0.717) is 23.0 Å². The highest BCUT2D eigenvalue weighted by molar-refractivity contribution is 5.89. The lowest BCUT2D eigenvalue weighted by Crippen LogP contribution is -2.15. The molecule has 0 spiro atoms. The Hall–Kier alpha value is -1.88. The number of aromatic hydroxyl groups is 1. The number of hydrogen-bond acceptors (Lipinski definition) is 3. The second-order valence-corrected chi connectivity index (χ2v) is 4.48. The summed E-state index contributed by atoms with van der Waals surface area (Å²) in [7, 11) is 1.85. The van der Waals surface area contributed by atoms with Gasteiger partial charge in [-0.1, -0.05) is 0 Å². The minimum Gasteiger partial charge on any atom is -0.505 e. The van der Waals surface area contributed by atoms with Crippen molar-refractivity contribution in [1.29, 1.82) is 0 Å². The molecule has 0 aliphatic rings. The van der Waals surface area contributed by atoms with Gasteiger partial charge in [0.05, 0.1) is 5.52 Å². The second-order valence-electron chi connectivity index (χ2n) is 4.48. The molecule has 0 saturated heterocycles. The van der Waals surface area contributed by atoms with Gasteiger partial charge in [0.25, 0.3) is 0 Å². The summed E-state index contributed by atoms with van der Waals surface area (Å²) >= 11 is 0. The van der Waals surface area contributed by atoms with E-state index >= 15 is 0 Å². The highest BCUT2D eigenvalue weighted by Crippen LogP contribution is 2.32. The Balaban J connectivity index is 2.72. The van der Waals surface area contributed by atoms with Gasteiger partial charge in [-0.05, 0) is 31.7 Å². The number of benzene rings is 1. The van der Waals surface area contributed by atoms with Crippen molar-refractivity contribution < 1.29 is 14.3 Å². The van der Waals surface area contributed by atoms with Crippen molar-refractivity contribution in [2.75, 3.05) is 13.6 Å². The maximum atomic E-state index is 14.1. The Morgan fingerprint density at radius 1 is 1.47 bits per heavy atom. The van der Waals surface area contributed by atoms with Crippen LogP contribution < -0.4 is 5.32 Å². The average Bonchev–Trinajstić information content (AvgIpc) is 2.66. The largest absolute Gasteiger partial charge is 0.505 e. The number of halogens is 1. The predicted molar refractivity (Wildman–Crippen MR) is 72.0 cm³/mol. The maximum Gasteiger partial charge on any atom is 0.174 e. The van der Waals surface area contributed by atoms with E-state index in [9.17, 15) is 14.3 Å². The summed E-state index contributed by atoms with van der Waals surface area (Å²) in [5, 5.41) is 12.9. The first kappa shape index (κ1) is 13.5. The first-order valence-electron chi connectivity index (χ1n) is 6.19. The smallest absolute Gasteiger partial charge is 0.174 e. The number of rotatable bonds is 5. The van der Waals surface area contributed by atoms with E-state index in [2.05, 4.69) is 5.32 Å². The fourth-order valence-corrected chi connectivity index (χ4v) is 2.44. The summed E-state index contributed by atoms with van der Waals surface area (Å²) in [4.78, 5) is 10.8. The van der Waals surface area contributed by atoms with Crippen molar-refractivity contribution in [3.63, 3.8) is 0 Å². The van der Waals surface area contributed by atoms with Gasteiger partial charge in [0, 0.05) is 30.6 Å². The van der Waals surface area contributed by atoms with Gasteiger partial charge in [-0.3, -0.25) is 0 Å². The molecule has 1 heterocycles.